The third-order valence-corrected chi connectivity index (χ3v) is 5.89. The number of aromatic amines is 1. The van der Waals surface area contributed by atoms with E-state index in [0.717, 1.165) is 25.7 Å². The lowest BCUT2D eigenvalue weighted by Crippen LogP contribution is -2.44. The summed E-state index contributed by atoms with van der Waals surface area (Å²) in [5, 5.41) is 15.8. The molecule has 7 heteroatoms. The topological polar surface area (TPSA) is 95.1 Å². The fourth-order valence-electron chi connectivity index (χ4n) is 3.20. The lowest BCUT2D eigenvalue weighted by Gasteiger charge is -2.34. The molecule has 1 heterocycles. The molecule has 3 N–H and O–H groups in total. The Balaban J connectivity index is 2.23. The minimum Gasteiger partial charge on any atom is -0.392 e. The van der Waals surface area contributed by atoms with E-state index in [1.54, 1.807) is 6.92 Å². The van der Waals surface area contributed by atoms with Gasteiger partial charge in [0.1, 0.15) is 0 Å². The highest BCUT2D eigenvalue weighted by molar-refractivity contribution is 7.89. The highest BCUT2D eigenvalue weighted by atomic mass is 32.2. The van der Waals surface area contributed by atoms with Gasteiger partial charge in [-0.3, -0.25) is 5.10 Å². The largest absolute Gasteiger partial charge is 0.392 e. The summed E-state index contributed by atoms with van der Waals surface area (Å²) in [7, 11) is -3.70. The second kappa shape index (κ2) is 6.46. The first-order valence-electron chi connectivity index (χ1n) is 7.54. The zero-order chi connectivity index (χ0) is 15.6. The number of aromatic nitrogens is 2. The Hall–Kier alpha value is -0.920. The molecule has 2 rings (SSSR count). The van der Waals surface area contributed by atoms with Crippen molar-refractivity contribution >= 4 is 10.0 Å². The third kappa shape index (κ3) is 3.46. The van der Waals surface area contributed by atoms with Crippen LogP contribution in [0.25, 0.3) is 0 Å². The van der Waals surface area contributed by atoms with E-state index in [1.165, 1.54) is 0 Å². The SMILES string of the molecule is Cc1[nH]nc(S(=O)(=O)NC2CCCCC2C(C)C)c1CO. The Kier molecular flexibility index (Phi) is 5.06. The molecule has 1 aliphatic carbocycles. The van der Waals surface area contributed by atoms with Gasteiger partial charge in [0, 0.05) is 17.3 Å². The van der Waals surface area contributed by atoms with E-state index >= 15 is 0 Å². The molecule has 0 amide bonds. The van der Waals surface area contributed by atoms with Crippen molar-refractivity contribution in [2.24, 2.45) is 11.8 Å². The van der Waals surface area contributed by atoms with E-state index < -0.39 is 10.0 Å². The molecule has 21 heavy (non-hydrogen) atoms. The second-order valence-electron chi connectivity index (χ2n) is 6.21. The normalized spacial score (nSPS) is 23.7. The Morgan fingerprint density at radius 1 is 1.38 bits per heavy atom. The van der Waals surface area contributed by atoms with Gasteiger partial charge in [-0.05, 0) is 31.6 Å². The number of hydrogen-bond donors (Lipinski definition) is 3. The van der Waals surface area contributed by atoms with E-state index in [0.29, 0.717) is 23.1 Å². The van der Waals surface area contributed by atoms with E-state index in [9.17, 15) is 13.5 Å². The predicted molar refractivity (Wildman–Crippen MR) is 80.2 cm³/mol. The summed E-state index contributed by atoms with van der Waals surface area (Å²) >= 11 is 0. The summed E-state index contributed by atoms with van der Waals surface area (Å²) in [6.45, 7) is 5.64. The average molecular weight is 315 g/mol. The number of H-pyrrole nitrogens is 1. The van der Waals surface area contributed by atoms with Gasteiger partial charge in [-0.25, -0.2) is 13.1 Å². The van der Waals surface area contributed by atoms with Crippen LogP contribution in [0.1, 0.15) is 50.8 Å². The fourth-order valence-corrected chi connectivity index (χ4v) is 4.71. The highest BCUT2D eigenvalue weighted by Gasteiger charge is 2.33. The van der Waals surface area contributed by atoms with E-state index in [2.05, 4.69) is 28.8 Å². The summed E-state index contributed by atoms with van der Waals surface area (Å²) < 4.78 is 27.9. The van der Waals surface area contributed by atoms with E-state index in [4.69, 9.17) is 0 Å². The molecule has 1 aromatic rings. The van der Waals surface area contributed by atoms with Crippen LogP contribution in [0, 0.1) is 18.8 Å². The van der Waals surface area contributed by atoms with Crippen LogP contribution < -0.4 is 4.72 Å². The van der Waals surface area contributed by atoms with Gasteiger partial charge in [0.05, 0.1) is 6.61 Å². The second-order valence-corrected chi connectivity index (χ2v) is 7.84. The molecule has 6 nitrogen and oxygen atoms in total. The molecule has 1 fully saturated rings. The zero-order valence-electron chi connectivity index (χ0n) is 12.9. The van der Waals surface area contributed by atoms with Crippen LogP contribution in [0.5, 0.6) is 0 Å². The summed E-state index contributed by atoms with van der Waals surface area (Å²) in [4.78, 5) is 0. The lowest BCUT2D eigenvalue weighted by molar-refractivity contribution is 0.226. The van der Waals surface area contributed by atoms with Crippen molar-refractivity contribution in [1.29, 1.82) is 0 Å². The maximum absolute atomic E-state index is 12.6. The number of nitrogens with one attached hydrogen (secondary N) is 2. The van der Waals surface area contributed by atoms with Crippen LogP contribution >= 0.6 is 0 Å². The molecule has 120 valence electrons. The molecule has 2 unspecified atom stereocenters. The van der Waals surface area contributed by atoms with Gasteiger partial charge in [-0.15, -0.1) is 0 Å². The molecule has 0 radical (unpaired) electrons. The van der Waals surface area contributed by atoms with Crippen molar-refractivity contribution in [3.63, 3.8) is 0 Å². The van der Waals surface area contributed by atoms with Gasteiger partial charge in [-0.1, -0.05) is 26.7 Å². The molecular formula is C14H25N3O3S. The minimum atomic E-state index is -3.70. The smallest absolute Gasteiger partial charge is 0.260 e. The van der Waals surface area contributed by atoms with Crippen LogP contribution in [-0.4, -0.2) is 29.8 Å². The Labute approximate surface area is 126 Å². The number of hydrogen-bond acceptors (Lipinski definition) is 4. The van der Waals surface area contributed by atoms with Crippen molar-refractivity contribution in [3.8, 4) is 0 Å². The first-order chi connectivity index (χ1) is 9.86. The molecule has 0 aromatic carbocycles. The number of aliphatic hydroxyl groups excluding tert-OH is 1. The summed E-state index contributed by atoms with van der Waals surface area (Å²) in [6.07, 6.45) is 4.12. The highest BCUT2D eigenvalue weighted by Crippen LogP contribution is 2.31. The Bertz CT molecular complexity index is 580. The molecule has 0 saturated heterocycles. The van der Waals surface area contributed by atoms with Crippen molar-refractivity contribution in [1.82, 2.24) is 14.9 Å². The molecule has 1 saturated carbocycles. The van der Waals surface area contributed by atoms with Crippen LogP contribution in [0.4, 0.5) is 0 Å². The van der Waals surface area contributed by atoms with E-state index in [1.807, 2.05) is 0 Å². The quantitative estimate of drug-likeness (QED) is 0.771. The van der Waals surface area contributed by atoms with Gasteiger partial charge >= 0.3 is 0 Å². The van der Waals surface area contributed by atoms with Gasteiger partial charge in [0.2, 0.25) is 0 Å². The molecular weight excluding hydrogens is 290 g/mol. The molecule has 1 aliphatic rings. The zero-order valence-corrected chi connectivity index (χ0v) is 13.7. The van der Waals surface area contributed by atoms with E-state index in [-0.39, 0.29) is 17.7 Å². The van der Waals surface area contributed by atoms with Gasteiger partial charge in [0.25, 0.3) is 10.0 Å². The first kappa shape index (κ1) is 16.5. The van der Waals surface area contributed by atoms with Crippen molar-refractivity contribution in [2.45, 2.75) is 64.1 Å². The predicted octanol–water partition coefficient (Wildman–Crippen LogP) is 1.70. The van der Waals surface area contributed by atoms with Crippen molar-refractivity contribution in [2.75, 3.05) is 0 Å². The number of nitrogens with zero attached hydrogens (tertiary/aromatic N) is 1. The van der Waals surface area contributed by atoms with Gasteiger partial charge in [0.15, 0.2) is 5.03 Å². The molecule has 0 bridgehead atoms. The molecule has 0 aliphatic heterocycles. The van der Waals surface area contributed by atoms with Crippen LogP contribution in [0.2, 0.25) is 0 Å². The fraction of sp³-hybridized carbons (Fsp3) is 0.786. The standard InChI is InChI=1S/C14H25N3O3S/c1-9(2)11-6-4-5-7-13(11)17-21(19,20)14-12(8-18)10(3)15-16-14/h9,11,13,17-18H,4-8H2,1-3H3,(H,15,16). The van der Waals surface area contributed by atoms with Gasteiger partial charge < -0.3 is 5.11 Å². The summed E-state index contributed by atoms with van der Waals surface area (Å²) in [6, 6.07) is -0.0488. The van der Waals surface area contributed by atoms with Crippen LogP contribution in [0.15, 0.2) is 5.03 Å². The van der Waals surface area contributed by atoms with Crippen molar-refractivity contribution < 1.29 is 13.5 Å². The summed E-state index contributed by atoms with van der Waals surface area (Å²) in [5.41, 5.74) is 0.932. The van der Waals surface area contributed by atoms with Gasteiger partial charge in [-0.2, -0.15) is 5.10 Å². The number of sulfonamides is 1. The Morgan fingerprint density at radius 2 is 2.05 bits per heavy atom. The first-order valence-corrected chi connectivity index (χ1v) is 9.02. The maximum Gasteiger partial charge on any atom is 0.260 e. The van der Waals surface area contributed by atoms with Crippen molar-refractivity contribution in [3.05, 3.63) is 11.3 Å². The molecule has 2 atom stereocenters. The van der Waals surface area contributed by atoms with Crippen LogP contribution in [-0.2, 0) is 16.6 Å². The lowest BCUT2D eigenvalue weighted by atomic mass is 9.78. The Morgan fingerprint density at radius 3 is 2.67 bits per heavy atom. The number of aryl methyl sites for hydroxylation is 1. The van der Waals surface area contributed by atoms with Crippen LogP contribution in [0.3, 0.4) is 0 Å². The summed E-state index contributed by atoms with van der Waals surface area (Å²) in [5.74, 6) is 0.794. The number of aliphatic hydroxyl groups is 1. The monoisotopic (exact) mass is 315 g/mol. The number of rotatable bonds is 5. The maximum atomic E-state index is 12.6. The molecule has 1 aromatic heterocycles. The third-order valence-electron chi connectivity index (χ3n) is 4.43. The minimum absolute atomic E-state index is 0.0488. The average Bonchev–Trinajstić information content (AvgIpc) is 2.80. The molecule has 0 spiro atoms.